The Labute approximate surface area is 134 Å². The van der Waals surface area contributed by atoms with Crippen molar-refractivity contribution in [3.63, 3.8) is 0 Å². The Kier molecular flexibility index (Phi) is 5.83. The maximum absolute atomic E-state index is 12.6. The molecule has 1 aromatic rings. The van der Waals surface area contributed by atoms with E-state index in [0.717, 1.165) is 44.0 Å². The molecule has 2 rings (SSSR count). The van der Waals surface area contributed by atoms with Gasteiger partial charge in [-0.05, 0) is 31.0 Å². The average Bonchev–Trinajstić information content (AvgIpc) is 2.54. The van der Waals surface area contributed by atoms with Crippen LogP contribution in [-0.2, 0) is 4.79 Å². The van der Waals surface area contributed by atoms with E-state index in [4.69, 9.17) is 4.74 Å². The monoisotopic (exact) mass is 304 g/mol. The van der Waals surface area contributed by atoms with Gasteiger partial charge in [0.05, 0.1) is 0 Å². The van der Waals surface area contributed by atoms with Crippen LogP contribution in [0.15, 0.2) is 24.3 Å². The summed E-state index contributed by atoms with van der Waals surface area (Å²) in [5, 5.41) is 0. The first-order chi connectivity index (χ1) is 10.5. The molecule has 22 heavy (non-hydrogen) atoms. The topological polar surface area (TPSA) is 32.8 Å². The molecule has 0 radical (unpaired) electrons. The van der Waals surface area contributed by atoms with E-state index in [1.165, 1.54) is 0 Å². The van der Waals surface area contributed by atoms with Gasteiger partial charge in [-0.15, -0.1) is 0 Å². The van der Waals surface area contributed by atoms with Gasteiger partial charge >= 0.3 is 0 Å². The summed E-state index contributed by atoms with van der Waals surface area (Å²) in [6.07, 6.45) is -0.437. The Morgan fingerprint density at radius 1 is 1.14 bits per heavy atom. The maximum atomic E-state index is 12.6. The molecule has 4 nitrogen and oxygen atoms in total. The van der Waals surface area contributed by atoms with E-state index in [-0.39, 0.29) is 5.91 Å². The Morgan fingerprint density at radius 2 is 1.77 bits per heavy atom. The molecule has 1 amide bonds. The lowest BCUT2D eigenvalue weighted by atomic mass is 10.0. The van der Waals surface area contributed by atoms with Crippen LogP contribution in [0.3, 0.4) is 0 Å². The molecule has 1 aliphatic rings. The molecule has 1 heterocycles. The summed E-state index contributed by atoms with van der Waals surface area (Å²) in [6, 6.07) is 7.99. The van der Waals surface area contributed by atoms with Crippen LogP contribution in [-0.4, -0.2) is 54.5 Å². The number of para-hydroxylation sites is 1. The van der Waals surface area contributed by atoms with Crippen LogP contribution in [0.2, 0.25) is 0 Å². The van der Waals surface area contributed by atoms with Crippen LogP contribution in [0, 0.1) is 0 Å². The van der Waals surface area contributed by atoms with Gasteiger partial charge in [0.15, 0.2) is 6.10 Å². The third-order valence-electron chi connectivity index (χ3n) is 4.32. The molecular formula is C18H28N2O2. The summed E-state index contributed by atoms with van der Waals surface area (Å²) >= 11 is 0. The van der Waals surface area contributed by atoms with Crippen molar-refractivity contribution in [2.45, 2.75) is 39.7 Å². The van der Waals surface area contributed by atoms with Crippen molar-refractivity contribution in [1.29, 1.82) is 0 Å². The van der Waals surface area contributed by atoms with Gasteiger partial charge in [0.1, 0.15) is 5.75 Å². The number of amides is 1. The highest BCUT2D eigenvalue weighted by Crippen LogP contribution is 2.27. The van der Waals surface area contributed by atoms with Crippen molar-refractivity contribution in [1.82, 2.24) is 9.80 Å². The fourth-order valence-electron chi connectivity index (χ4n) is 2.85. The second-order valence-corrected chi connectivity index (χ2v) is 6.21. The first kappa shape index (κ1) is 16.8. The number of hydrogen-bond acceptors (Lipinski definition) is 3. The zero-order valence-electron chi connectivity index (χ0n) is 14.2. The SMILES string of the molecule is CCN1CCN(C(=O)[C@H](C)Oc2ccccc2C(C)C)CC1. The van der Waals surface area contributed by atoms with Gasteiger partial charge in [0.25, 0.3) is 5.91 Å². The number of ether oxygens (including phenoxy) is 1. The Bertz CT molecular complexity index is 494. The zero-order chi connectivity index (χ0) is 16.1. The van der Waals surface area contributed by atoms with Crippen molar-refractivity contribution in [3.05, 3.63) is 29.8 Å². The Morgan fingerprint density at radius 3 is 2.36 bits per heavy atom. The van der Waals surface area contributed by atoms with Crippen LogP contribution in [0.4, 0.5) is 0 Å². The van der Waals surface area contributed by atoms with Gasteiger partial charge in [0.2, 0.25) is 0 Å². The van der Waals surface area contributed by atoms with E-state index in [0.29, 0.717) is 5.92 Å². The molecule has 0 bridgehead atoms. The molecule has 1 aliphatic heterocycles. The maximum Gasteiger partial charge on any atom is 0.263 e. The molecule has 0 saturated carbocycles. The summed E-state index contributed by atoms with van der Waals surface area (Å²) in [5.74, 6) is 1.30. The van der Waals surface area contributed by atoms with E-state index < -0.39 is 6.10 Å². The number of nitrogens with zero attached hydrogens (tertiary/aromatic N) is 2. The third-order valence-corrected chi connectivity index (χ3v) is 4.32. The molecule has 0 N–H and O–H groups in total. The number of likely N-dealkylation sites (N-methyl/N-ethyl adjacent to an activating group) is 1. The van der Waals surface area contributed by atoms with Gasteiger partial charge in [-0.25, -0.2) is 0 Å². The van der Waals surface area contributed by atoms with E-state index in [2.05, 4.69) is 31.7 Å². The lowest BCUT2D eigenvalue weighted by Crippen LogP contribution is -2.51. The zero-order valence-corrected chi connectivity index (χ0v) is 14.2. The van der Waals surface area contributed by atoms with Gasteiger partial charge in [-0.2, -0.15) is 0 Å². The Balaban J connectivity index is 1.97. The quantitative estimate of drug-likeness (QED) is 0.838. The number of rotatable bonds is 5. The minimum Gasteiger partial charge on any atom is -0.481 e. The molecule has 122 valence electrons. The van der Waals surface area contributed by atoms with Gasteiger partial charge in [-0.3, -0.25) is 4.79 Å². The second-order valence-electron chi connectivity index (χ2n) is 6.21. The van der Waals surface area contributed by atoms with Crippen LogP contribution >= 0.6 is 0 Å². The van der Waals surface area contributed by atoms with Crippen LogP contribution in [0.25, 0.3) is 0 Å². The fourth-order valence-corrected chi connectivity index (χ4v) is 2.85. The molecule has 0 spiro atoms. The predicted octanol–water partition coefficient (Wildman–Crippen LogP) is 2.74. The third kappa shape index (κ3) is 4.01. The molecule has 1 aromatic carbocycles. The van der Waals surface area contributed by atoms with E-state index in [1.54, 1.807) is 0 Å². The normalized spacial score (nSPS) is 17.6. The number of hydrogen-bond donors (Lipinski definition) is 0. The average molecular weight is 304 g/mol. The molecule has 4 heteroatoms. The van der Waals surface area contributed by atoms with Gasteiger partial charge < -0.3 is 14.5 Å². The predicted molar refractivity (Wildman–Crippen MR) is 89.3 cm³/mol. The molecule has 0 aromatic heterocycles. The van der Waals surface area contributed by atoms with Crippen molar-refractivity contribution in [2.24, 2.45) is 0 Å². The summed E-state index contributed by atoms with van der Waals surface area (Å²) < 4.78 is 5.97. The number of piperazine rings is 1. The van der Waals surface area contributed by atoms with Gasteiger partial charge in [-0.1, -0.05) is 39.0 Å². The largest absolute Gasteiger partial charge is 0.481 e. The van der Waals surface area contributed by atoms with E-state index in [1.807, 2.05) is 30.0 Å². The van der Waals surface area contributed by atoms with Crippen molar-refractivity contribution < 1.29 is 9.53 Å². The highest BCUT2D eigenvalue weighted by molar-refractivity contribution is 5.81. The van der Waals surface area contributed by atoms with Crippen LogP contribution in [0.1, 0.15) is 39.2 Å². The first-order valence-electron chi connectivity index (χ1n) is 8.29. The molecule has 0 unspecified atom stereocenters. The van der Waals surface area contributed by atoms with Crippen LogP contribution in [0.5, 0.6) is 5.75 Å². The van der Waals surface area contributed by atoms with Crippen molar-refractivity contribution >= 4 is 5.91 Å². The van der Waals surface area contributed by atoms with Gasteiger partial charge in [0, 0.05) is 26.2 Å². The molecule has 1 atom stereocenters. The second kappa shape index (κ2) is 7.63. The summed E-state index contributed by atoms with van der Waals surface area (Å²) in [7, 11) is 0. The summed E-state index contributed by atoms with van der Waals surface area (Å²) in [4.78, 5) is 16.9. The van der Waals surface area contributed by atoms with Crippen LogP contribution < -0.4 is 4.74 Å². The number of carbonyl (C=O) groups is 1. The Hall–Kier alpha value is -1.55. The van der Waals surface area contributed by atoms with E-state index >= 15 is 0 Å². The highest BCUT2D eigenvalue weighted by atomic mass is 16.5. The van der Waals surface area contributed by atoms with E-state index in [9.17, 15) is 4.79 Å². The standard InChI is InChI=1S/C18H28N2O2/c1-5-19-10-12-20(13-11-19)18(21)15(4)22-17-9-7-6-8-16(17)14(2)3/h6-9,14-15H,5,10-13H2,1-4H3/t15-/m0/s1. The lowest BCUT2D eigenvalue weighted by Gasteiger charge is -2.35. The molecule has 0 aliphatic carbocycles. The number of benzene rings is 1. The van der Waals surface area contributed by atoms with Crippen molar-refractivity contribution in [3.8, 4) is 5.75 Å². The molecule has 1 saturated heterocycles. The smallest absolute Gasteiger partial charge is 0.263 e. The lowest BCUT2D eigenvalue weighted by molar-refractivity contribution is -0.139. The first-order valence-corrected chi connectivity index (χ1v) is 8.29. The molecule has 1 fully saturated rings. The van der Waals surface area contributed by atoms with Crippen molar-refractivity contribution in [2.75, 3.05) is 32.7 Å². The fraction of sp³-hybridized carbons (Fsp3) is 0.611. The minimum atomic E-state index is -0.437. The minimum absolute atomic E-state index is 0.0920. The number of carbonyl (C=O) groups excluding carboxylic acids is 1. The molecular weight excluding hydrogens is 276 g/mol. The highest BCUT2D eigenvalue weighted by Gasteiger charge is 2.26. The summed E-state index contributed by atoms with van der Waals surface area (Å²) in [6.45, 7) is 12.8. The summed E-state index contributed by atoms with van der Waals surface area (Å²) in [5.41, 5.74) is 1.15.